The van der Waals surface area contributed by atoms with Crippen molar-refractivity contribution in [2.24, 2.45) is 10.9 Å². The number of hydrogen-bond donors (Lipinski definition) is 3. The van der Waals surface area contributed by atoms with Gasteiger partial charge in [-0.05, 0) is 30.7 Å². The number of amidine groups is 1. The molecular weight excluding hydrogens is 259 g/mol. The van der Waals surface area contributed by atoms with E-state index in [2.05, 4.69) is 15.5 Å². The molecule has 5 nitrogen and oxygen atoms in total. The molecule has 0 fully saturated rings. The molecule has 4 N–H and O–H groups in total. The summed E-state index contributed by atoms with van der Waals surface area (Å²) in [6, 6.07) is 8.47. The van der Waals surface area contributed by atoms with Crippen LogP contribution in [0.2, 0.25) is 0 Å². The third kappa shape index (κ3) is 3.03. The minimum Gasteiger partial charge on any atom is -0.409 e. The first-order chi connectivity index (χ1) is 9.61. The van der Waals surface area contributed by atoms with Crippen LogP contribution >= 0.6 is 0 Å². The fourth-order valence-corrected chi connectivity index (χ4v) is 1.76. The smallest absolute Gasteiger partial charge is 0.189 e. The molecule has 0 spiro atoms. The van der Waals surface area contributed by atoms with Gasteiger partial charge in [0.2, 0.25) is 0 Å². The SMILES string of the molecule is Cc1ccc(NCc2cccnc2C(N)=NO)cc1F. The predicted molar refractivity (Wildman–Crippen MR) is 75.2 cm³/mol. The minimum absolute atomic E-state index is 0.0579. The monoisotopic (exact) mass is 274 g/mol. The number of nitrogens with one attached hydrogen (secondary N) is 1. The van der Waals surface area contributed by atoms with Gasteiger partial charge < -0.3 is 16.3 Å². The first kappa shape index (κ1) is 13.8. The highest BCUT2D eigenvalue weighted by Gasteiger charge is 2.08. The fraction of sp³-hybridized carbons (Fsp3) is 0.143. The van der Waals surface area contributed by atoms with E-state index in [9.17, 15) is 4.39 Å². The van der Waals surface area contributed by atoms with Gasteiger partial charge >= 0.3 is 0 Å². The Balaban J connectivity index is 2.17. The van der Waals surface area contributed by atoms with Crippen molar-refractivity contribution >= 4 is 11.5 Å². The van der Waals surface area contributed by atoms with Crippen LogP contribution in [0.3, 0.4) is 0 Å². The molecule has 1 aromatic heterocycles. The Labute approximate surface area is 116 Å². The molecule has 2 rings (SSSR count). The van der Waals surface area contributed by atoms with Crippen LogP contribution in [0.5, 0.6) is 0 Å². The molecule has 0 bridgehead atoms. The number of pyridine rings is 1. The van der Waals surface area contributed by atoms with Gasteiger partial charge in [-0.2, -0.15) is 0 Å². The quantitative estimate of drug-likeness (QED) is 0.345. The Morgan fingerprint density at radius 3 is 2.95 bits per heavy atom. The number of rotatable bonds is 4. The highest BCUT2D eigenvalue weighted by Crippen LogP contribution is 2.15. The number of anilines is 1. The van der Waals surface area contributed by atoms with Crippen molar-refractivity contribution in [3.05, 3.63) is 59.2 Å². The summed E-state index contributed by atoms with van der Waals surface area (Å²) < 4.78 is 13.4. The first-order valence-electron chi connectivity index (χ1n) is 6.03. The second kappa shape index (κ2) is 6.01. The standard InChI is InChI=1S/C14H15FN4O/c1-9-4-5-11(7-12(9)15)18-8-10-3-2-6-17-13(10)14(16)19-20/h2-7,18,20H,8H2,1H3,(H2,16,19). The molecule has 0 atom stereocenters. The lowest BCUT2D eigenvalue weighted by Crippen LogP contribution is -2.18. The molecule has 0 aliphatic carbocycles. The largest absolute Gasteiger partial charge is 0.409 e. The van der Waals surface area contributed by atoms with E-state index in [-0.39, 0.29) is 11.7 Å². The van der Waals surface area contributed by atoms with Gasteiger partial charge in [0.05, 0.1) is 0 Å². The van der Waals surface area contributed by atoms with Gasteiger partial charge in [-0.1, -0.05) is 17.3 Å². The number of hydrogen-bond acceptors (Lipinski definition) is 4. The molecule has 0 unspecified atom stereocenters. The molecule has 6 heteroatoms. The first-order valence-corrected chi connectivity index (χ1v) is 6.03. The van der Waals surface area contributed by atoms with Crippen LogP contribution in [0.15, 0.2) is 41.7 Å². The lowest BCUT2D eigenvalue weighted by Gasteiger charge is -2.10. The zero-order valence-corrected chi connectivity index (χ0v) is 11.0. The molecule has 2 aromatic rings. The lowest BCUT2D eigenvalue weighted by atomic mass is 10.1. The van der Waals surface area contributed by atoms with Crippen LogP contribution in [0, 0.1) is 12.7 Å². The molecule has 0 amide bonds. The average molecular weight is 274 g/mol. The highest BCUT2D eigenvalue weighted by atomic mass is 19.1. The minimum atomic E-state index is -0.266. The van der Waals surface area contributed by atoms with E-state index in [0.717, 1.165) is 5.56 Å². The van der Waals surface area contributed by atoms with Crippen molar-refractivity contribution in [3.63, 3.8) is 0 Å². The zero-order valence-electron chi connectivity index (χ0n) is 11.0. The average Bonchev–Trinajstić information content (AvgIpc) is 2.48. The van der Waals surface area contributed by atoms with E-state index in [1.165, 1.54) is 6.07 Å². The van der Waals surface area contributed by atoms with Crippen LogP contribution in [0.25, 0.3) is 0 Å². The van der Waals surface area contributed by atoms with E-state index < -0.39 is 0 Å². The summed E-state index contributed by atoms with van der Waals surface area (Å²) in [5.41, 5.74) is 7.96. The van der Waals surface area contributed by atoms with Crippen LogP contribution in [-0.2, 0) is 6.54 Å². The molecule has 0 radical (unpaired) electrons. The van der Waals surface area contributed by atoms with Crippen LogP contribution < -0.4 is 11.1 Å². The van der Waals surface area contributed by atoms with Gasteiger partial charge in [0, 0.05) is 24.0 Å². The van der Waals surface area contributed by atoms with Crippen LogP contribution in [0.4, 0.5) is 10.1 Å². The summed E-state index contributed by atoms with van der Waals surface area (Å²) in [6.07, 6.45) is 1.56. The summed E-state index contributed by atoms with van der Waals surface area (Å²) in [5, 5.41) is 14.7. The normalized spacial score (nSPS) is 11.4. The molecular formula is C14H15FN4O. The summed E-state index contributed by atoms with van der Waals surface area (Å²) in [5.74, 6) is -0.324. The zero-order chi connectivity index (χ0) is 14.5. The van der Waals surface area contributed by atoms with Gasteiger partial charge in [0.15, 0.2) is 5.84 Å². The number of benzene rings is 1. The van der Waals surface area contributed by atoms with E-state index in [1.54, 1.807) is 37.4 Å². The van der Waals surface area contributed by atoms with Gasteiger partial charge in [0.1, 0.15) is 11.5 Å². The molecule has 104 valence electrons. The van der Waals surface area contributed by atoms with E-state index >= 15 is 0 Å². The number of aryl methyl sites for hydroxylation is 1. The van der Waals surface area contributed by atoms with Gasteiger partial charge in [-0.15, -0.1) is 0 Å². The lowest BCUT2D eigenvalue weighted by molar-refractivity contribution is 0.318. The van der Waals surface area contributed by atoms with Crippen molar-refractivity contribution in [1.29, 1.82) is 0 Å². The maximum absolute atomic E-state index is 13.4. The van der Waals surface area contributed by atoms with Crippen LogP contribution in [-0.4, -0.2) is 16.0 Å². The molecule has 20 heavy (non-hydrogen) atoms. The topological polar surface area (TPSA) is 83.5 Å². The van der Waals surface area contributed by atoms with Crippen molar-refractivity contribution in [2.75, 3.05) is 5.32 Å². The van der Waals surface area contributed by atoms with Gasteiger partial charge in [-0.3, -0.25) is 4.98 Å². The third-order valence-electron chi connectivity index (χ3n) is 2.90. The number of halogens is 1. The summed E-state index contributed by atoms with van der Waals surface area (Å²) >= 11 is 0. The number of nitrogens with two attached hydrogens (primary N) is 1. The molecule has 1 heterocycles. The van der Waals surface area contributed by atoms with E-state index in [4.69, 9.17) is 10.9 Å². The Kier molecular flexibility index (Phi) is 4.14. The van der Waals surface area contributed by atoms with Gasteiger partial charge in [0.25, 0.3) is 0 Å². The van der Waals surface area contributed by atoms with E-state index in [0.29, 0.717) is 23.5 Å². The van der Waals surface area contributed by atoms with Crippen molar-refractivity contribution in [1.82, 2.24) is 4.98 Å². The molecule has 1 aromatic carbocycles. The third-order valence-corrected chi connectivity index (χ3v) is 2.90. The maximum Gasteiger partial charge on any atom is 0.189 e. The Hall–Kier alpha value is -2.63. The molecule has 0 saturated carbocycles. The fourth-order valence-electron chi connectivity index (χ4n) is 1.76. The van der Waals surface area contributed by atoms with Crippen molar-refractivity contribution in [3.8, 4) is 0 Å². The summed E-state index contributed by atoms with van der Waals surface area (Å²) in [6.45, 7) is 2.10. The molecule has 0 saturated heterocycles. The second-order valence-electron chi connectivity index (χ2n) is 4.31. The Bertz CT molecular complexity index is 643. The second-order valence-corrected chi connectivity index (χ2v) is 4.31. The summed E-state index contributed by atoms with van der Waals surface area (Å²) in [4.78, 5) is 4.06. The Morgan fingerprint density at radius 2 is 2.25 bits per heavy atom. The molecule has 0 aliphatic rings. The maximum atomic E-state index is 13.4. The van der Waals surface area contributed by atoms with E-state index in [1.807, 2.05) is 0 Å². The highest BCUT2D eigenvalue weighted by molar-refractivity contribution is 5.96. The Morgan fingerprint density at radius 1 is 1.45 bits per heavy atom. The van der Waals surface area contributed by atoms with Crippen molar-refractivity contribution in [2.45, 2.75) is 13.5 Å². The van der Waals surface area contributed by atoms with Crippen molar-refractivity contribution < 1.29 is 9.60 Å². The predicted octanol–water partition coefficient (Wildman–Crippen LogP) is 2.24. The van der Waals surface area contributed by atoms with Gasteiger partial charge in [-0.25, -0.2) is 4.39 Å². The number of nitrogens with zero attached hydrogens (tertiary/aromatic N) is 2. The molecule has 0 aliphatic heterocycles. The number of oxime groups is 1. The van der Waals surface area contributed by atoms with Crippen LogP contribution in [0.1, 0.15) is 16.8 Å². The summed E-state index contributed by atoms with van der Waals surface area (Å²) in [7, 11) is 0. The number of aromatic nitrogens is 1.